The van der Waals surface area contributed by atoms with Crippen molar-refractivity contribution in [2.75, 3.05) is 4.90 Å². The van der Waals surface area contributed by atoms with Gasteiger partial charge in [0.2, 0.25) is 0 Å². The number of hydrogen-bond acceptors (Lipinski definition) is 1. The molecule has 0 N–H and O–H groups in total. The first-order valence-electron chi connectivity index (χ1n) is 20.2. The van der Waals surface area contributed by atoms with Gasteiger partial charge in [-0.15, -0.1) is 0 Å². The van der Waals surface area contributed by atoms with Gasteiger partial charge in [-0.2, -0.15) is 0 Å². The maximum atomic E-state index is 2.50. The second-order valence-electron chi connectivity index (χ2n) is 15.7. The average molecular weight is 758 g/mol. The van der Waals surface area contributed by atoms with E-state index in [1.54, 1.807) is 0 Å². The van der Waals surface area contributed by atoms with Gasteiger partial charge in [-0.3, -0.25) is 0 Å². The summed E-state index contributed by atoms with van der Waals surface area (Å²) in [7, 11) is -1.98. The lowest BCUT2D eigenvalue weighted by Crippen LogP contribution is -2.49. The molecule has 1 nitrogen and oxygen atoms in total. The van der Waals surface area contributed by atoms with Gasteiger partial charge in [-0.1, -0.05) is 201 Å². The fourth-order valence-electron chi connectivity index (χ4n) is 8.93. The molecule has 0 aliphatic carbocycles. The Morgan fingerprint density at radius 1 is 0.345 bits per heavy atom. The third-order valence-corrected chi connectivity index (χ3v) is 15.4. The predicted octanol–water partition coefficient (Wildman–Crippen LogP) is 14.3. The molecule has 2 heteroatoms. The molecule has 0 saturated carbocycles. The van der Waals surface area contributed by atoms with Crippen molar-refractivity contribution in [3.63, 3.8) is 0 Å². The molecule has 0 unspecified atom stereocenters. The zero-order chi connectivity index (χ0) is 39.1. The van der Waals surface area contributed by atoms with E-state index in [-0.39, 0.29) is 0 Å². The Morgan fingerprint density at radius 2 is 0.810 bits per heavy atom. The van der Waals surface area contributed by atoms with Crippen LogP contribution < -0.4 is 15.3 Å². The zero-order valence-corrected chi connectivity index (χ0v) is 33.8. The number of nitrogens with zero attached hydrogens (tertiary/aromatic N) is 1. The maximum absolute atomic E-state index is 2.50. The van der Waals surface area contributed by atoms with E-state index >= 15 is 0 Å². The minimum atomic E-state index is -1.98. The summed E-state index contributed by atoms with van der Waals surface area (Å²) in [6.07, 6.45) is 4.53. The highest BCUT2D eigenvalue weighted by Crippen LogP contribution is 2.42. The molecule has 1 heterocycles. The maximum Gasteiger partial charge on any atom is 0.113 e. The van der Waals surface area contributed by atoms with Crippen LogP contribution in [0.4, 0.5) is 17.1 Å². The molecule has 9 aromatic rings. The van der Waals surface area contributed by atoms with E-state index in [0.717, 1.165) is 11.4 Å². The van der Waals surface area contributed by atoms with Crippen molar-refractivity contribution in [3.8, 4) is 44.5 Å². The Balaban J connectivity index is 0.959. The van der Waals surface area contributed by atoms with Gasteiger partial charge in [-0.25, -0.2) is 0 Å². The van der Waals surface area contributed by atoms with Gasteiger partial charge in [0.15, 0.2) is 0 Å². The third kappa shape index (κ3) is 6.38. The van der Waals surface area contributed by atoms with Crippen molar-refractivity contribution in [2.45, 2.75) is 13.1 Å². The Morgan fingerprint density at radius 3 is 1.45 bits per heavy atom. The van der Waals surface area contributed by atoms with Crippen LogP contribution in [0.2, 0.25) is 13.1 Å². The highest BCUT2D eigenvalue weighted by Gasteiger charge is 2.38. The molecule has 276 valence electrons. The SMILES string of the molecule is C[Si]1(C)c2cc(/C=C/c3ccc(-c4cccc5c(-c6ccccc6)ccc(-c6ccccc6)c45)cc3)ccc2-c2ccc(N(c3ccccc3)c3ccccc3)cc21. The van der Waals surface area contributed by atoms with E-state index < -0.39 is 8.07 Å². The summed E-state index contributed by atoms with van der Waals surface area (Å²) in [6, 6.07) is 77.4. The molecule has 0 fully saturated rings. The molecule has 1 aliphatic heterocycles. The van der Waals surface area contributed by atoms with E-state index in [9.17, 15) is 0 Å². The number of anilines is 3. The quantitative estimate of drug-likeness (QED) is 0.110. The van der Waals surface area contributed by atoms with Crippen LogP contribution in [0.3, 0.4) is 0 Å². The minimum Gasteiger partial charge on any atom is -0.311 e. The highest BCUT2D eigenvalue weighted by molar-refractivity contribution is 7.03. The van der Waals surface area contributed by atoms with Crippen LogP contribution >= 0.6 is 0 Å². The molecule has 0 aromatic heterocycles. The molecule has 58 heavy (non-hydrogen) atoms. The van der Waals surface area contributed by atoms with Gasteiger partial charge in [0.1, 0.15) is 8.07 Å². The number of para-hydroxylation sites is 2. The first-order chi connectivity index (χ1) is 28.5. The van der Waals surface area contributed by atoms with E-state index in [0.29, 0.717) is 0 Å². The fraction of sp³-hybridized carbons (Fsp3) is 0.0357. The lowest BCUT2D eigenvalue weighted by molar-refractivity contribution is 1.29. The molecule has 0 spiro atoms. The van der Waals surface area contributed by atoms with Crippen LogP contribution in [0.1, 0.15) is 11.1 Å². The summed E-state index contributed by atoms with van der Waals surface area (Å²) < 4.78 is 0. The zero-order valence-electron chi connectivity index (χ0n) is 32.8. The summed E-state index contributed by atoms with van der Waals surface area (Å²) in [4.78, 5) is 2.37. The van der Waals surface area contributed by atoms with Gasteiger partial charge in [-0.05, 0) is 113 Å². The van der Waals surface area contributed by atoms with Crippen molar-refractivity contribution < 1.29 is 0 Å². The molecule has 0 saturated heterocycles. The lowest BCUT2D eigenvalue weighted by atomic mass is 9.87. The monoisotopic (exact) mass is 757 g/mol. The normalized spacial score (nSPS) is 12.7. The molecule has 1 aliphatic rings. The van der Waals surface area contributed by atoms with Gasteiger partial charge in [0, 0.05) is 17.1 Å². The van der Waals surface area contributed by atoms with Crippen molar-refractivity contribution in [2.24, 2.45) is 0 Å². The van der Waals surface area contributed by atoms with Crippen LogP contribution in [0, 0.1) is 0 Å². The highest BCUT2D eigenvalue weighted by atomic mass is 28.3. The number of benzene rings is 9. The molecular weight excluding hydrogens is 715 g/mol. The van der Waals surface area contributed by atoms with Crippen LogP contribution in [-0.4, -0.2) is 8.07 Å². The van der Waals surface area contributed by atoms with Gasteiger partial charge in [0.05, 0.1) is 0 Å². The second-order valence-corrected chi connectivity index (χ2v) is 20.1. The molecule has 0 radical (unpaired) electrons. The predicted molar refractivity (Wildman–Crippen MR) is 252 cm³/mol. The number of rotatable bonds is 8. The van der Waals surface area contributed by atoms with E-state index in [2.05, 4.69) is 242 Å². The van der Waals surface area contributed by atoms with Crippen molar-refractivity contribution >= 4 is 58.4 Å². The second kappa shape index (κ2) is 14.8. The molecule has 0 atom stereocenters. The summed E-state index contributed by atoms with van der Waals surface area (Å²) in [5.41, 5.74) is 16.1. The van der Waals surface area contributed by atoms with Crippen molar-refractivity contribution in [3.05, 3.63) is 223 Å². The minimum absolute atomic E-state index is 1.16. The van der Waals surface area contributed by atoms with E-state index in [4.69, 9.17) is 0 Å². The summed E-state index contributed by atoms with van der Waals surface area (Å²) >= 11 is 0. The van der Waals surface area contributed by atoms with Crippen LogP contribution in [0.15, 0.2) is 212 Å². The number of fused-ring (bicyclic) bond motifs is 4. The lowest BCUT2D eigenvalue weighted by Gasteiger charge is -2.27. The molecular formula is C56H43NSi. The Bertz CT molecular complexity index is 2890. The van der Waals surface area contributed by atoms with Crippen molar-refractivity contribution in [1.29, 1.82) is 0 Å². The summed E-state index contributed by atoms with van der Waals surface area (Å²) in [5.74, 6) is 0. The fourth-order valence-corrected chi connectivity index (χ4v) is 12.0. The Hall–Kier alpha value is -7.00. The third-order valence-electron chi connectivity index (χ3n) is 11.9. The topological polar surface area (TPSA) is 3.24 Å². The Kier molecular flexibility index (Phi) is 9.05. The smallest absolute Gasteiger partial charge is 0.113 e. The average Bonchev–Trinajstić information content (AvgIpc) is 3.51. The largest absolute Gasteiger partial charge is 0.311 e. The molecule has 0 amide bonds. The van der Waals surface area contributed by atoms with E-state index in [1.807, 2.05) is 0 Å². The van der Waals surface area contributed by atoms with Crippen LogP contribution in [0.25, 0.3) is 67.4 Å². The standard InChI is InChI=1S/C56H43NSi/c1-58(2)54-38-41(30-34-51(54)52-35-33-47(39-55(52)58)57(45-20-11-5-12-21-45)46-22-13-6-14-23-46)27-26-40-28-31-44(32-29-40)49-24-15-25-53-48(42-16-7-3-8-17-42)36-37-50(56(49)53)43-18-9-4-10-19-43/h3-39H,1-2H3/b27-26+. The van der Waals surface area contributed by atoms with Gasteiger partial charge < -0.3 is 4.90 Å². The van der Waals surface area contributed by atoms with Gasteiger partial charge in [0.25, 0.3) is 0 Å². The summed E-state index contributed by atoms with van der Waals surface area (Å²) in [6.45, 7) is 5.00. The van der Waals surface area contributed by atoms with Crippen molar-refractivity contribution in [1.82, 2.24) is 0 Å². The molecule has 10 rings (SSSR count). The van der Waals surface area contributed by atoms with E-state index in [1.165, 1.54) is 82.5 Å². The van der Waals surface area contributed by atoms with Crippen LogP contribution in [0.5, 0.6) is 0 Å². The molecule has 0 bridgehead atoms. The summed E-state index contributed by atoms with van der Waals surface area (Å²) in [5, 5.41) is 5.54. The Labute approximate surface area is 342 Å². The first-order valence-corrected chi connectivity index (χ1v) is 23.2. The van der Waals surface area contributed by atoms with Crippen LogP contribution in [-0.2, 0) is 0 Å². The van der Waals surface area contributed by atoms with Gasteiger partial charge >= 0.3 is 0 Å². The first kappa shape index (κ1) is 35.4. The number of hydrogen-bond donors (Lipinski definition) is 0. The molecule has 9 aromatic carbocycles.